The Bertz CT molecular complexity index is 2240. The standard InChI is InChI=1S/C37H24N4O3S/c42-34-27-13-4-5-14-28(27)35(43)30-19-23(16-17-29(30)34)22-45-37-40-39-36(41(37)21-25-11-8-18-44-25)31-20-33(24-9-2-1-3-10-24)38-32-15-7-6-12-26(31)32/h1-20H,21-22H2. The van der Waals surface area contributed by atoms with E-state index in [4.69, 9.17) is 14.5 Å². The van der Waals surface area contributed by atoms with Gasteiger partial charge in [0.15, 0.2) is 22.5 Å². The maximum absolute atomic E-state index is 13.3. The van der Waals surface area contributed by atoms with Crippen LogP contribution in [0.3, 0.4) is 0 Å². The summed E-state index contributed by atoms with van der Waals surface area (Å²) in [7, 11) is 0. The van der Waals surface area contributed by atoms with E-state index in [0.29, 0.717) is 45.5 Å². The van der Waals surface area contributed by atoms with Gasteiger partial charge in [-0.3, -0.25) is 14.2 Å². The van der Waals surface area contributed by atoms with Crippen molar-refractivity contribution in [1.29, 1.82) is 0 Å². The molecule has 8 heteroatoms. The summed E-state index contributed by atoms with van der Waals surface area (Å²) in [5.41, 5.74) is 6.33. The highest BCUT2D eigenvalue weighted by Gasteiger charge is 2.29. The molecule has 3 heterocycles. The largest absolute Gasteiger partial charge is 0.467 e. The second-order valence-corrected chi connectivity index (χ2v) is 11.7. The Balaban J connectivity index is 1.18. The monoisotopic (exact) mass is 604 g/mol. The van der Waals surface area contributed by atoms with Gasteiger partial charge in [0.1, 0.15) is 5.76 Å². The molecular formula is C37H24N4O3S. The average Bonchev–Trinajstić information content (AvgIpc) is 3.76. The lowest BCUT2D eigenvalue weighted by Gasteiger charge is -2.18. The lowest BCUT2D eigenvalue weighted by molar-refractivity contribution is 0.0979. The summed E-state index contributed by atoms with van der Waals surface area (Å²) in [5, 5.41) is 11.0. The number of hydrogen-bond acceptors (Lipinski definition) is 7. The van der Waals surface area contributed by atoms with Crippen LogP contribution in [0.1, 0.15) is 43.2 Å². The van der Waals surface area contributed by atoms with Gasteiger partial charge in [0.2, 0.25) is 0 Å². The zero-order valence-electron chi connectivity index (χ0n) is 23.9. The summed E-state index contributed by atoms with van der Waals surface area (Å²) in [6.45, 7) is 0.433. The molecule has 0 saturated heterocycles. The van der Waals surface area contributed by atoms with Gasteiger partial charge in [0.05, 0.1) is 24.0 Å². The Kier molecular flexibility index (Phi) is 6.69. The van der Waals surface area contributed by atoms with Gasteiger partial charge in [0, 0.05) is 44.5 Å². The van der Waals surface area contributed by atoms with Crippen molar-refractivity contribution in [2.75, 3.05) is 0 Å². The molecule has 4 aromatic carbocycles. The molecule has 0 N–H and O–H groups in total. The van der Waals surface area contributed by atoms with Gasteiger partial charge in [-0.2, -0.15) is 0 Å². The number of rotatable bonds is 7. The van der Waals surface area contributed by atoms with Crippen molar-refractivity contribution >= 4 is 34.2 Å². The van der Waals surface area contributed by atoms with Crippen LogP contribution in [-0.2, 0) is 12.3 Å². The summed E-state index contributed by atoms with van der Waals surface area (Å²) >= 11 is 1.52. The maximum atomic E-state index is 13.3. The van der Waals surface area contributed by atoms with Crippen molar-refractivity contribution in [1.82, 2.24) is 19.7 Å². The van der Waals surface area contributed by atoms with Crippen molar-refractivity contribution < 1.29 is 14.0 Å². The summed E-state index contributed by atoms with van der Waals surface area (Å²) in [6, 6.07) is 36.5. The van der Waals surface area contributed by atoms with E-state index in [0.717, 1.165) is 39.0 Å². The number of carbonyl (C=O) groups is 2. The van der Waals surface area contributed by atoms with Crippen LogP contribution in [-0.4, -0.2) is 31.3 Å². The van der Waals surface area contributed by atoms with Crippen LogP contribution < -0.4 is 0 Å². The number of carbonyl (C=O) groups excluding carboxylic acids is 2. The molecule has 0 amide bonds. The predicted molar refractivity (Wildman–Crippen MR) is 173 cm³/mol. The highest BCUT2D eigenvalue weighted by molar-refractivity contribution is 7.98. The minimum Gasteiger partial charge on any atom is -0.467 e. The first kappa shape index (κ1) is 27.0. The first-order chi connectivity index (χ1) is 22.1. The molecule has 0 spiro atoms. The molecule has 216 valence electrons. The quantitative estimate of drug-likeness (QED) is 0.171. The second kappa shape index (κ2) is 11.2. The summed E-state index contributed by atoms with van der Waals surface area (Å²) in [5.74, 6) is 1.75. The van der Waals surface area contributed by atoms with Crippen LogP contribution in [0.15, 0.2) is 131 Å². The lowest BCUT2D eigenvalue weighted by Crippen LogP contribution is -2.20. The van der Waals surface area contributed by atoms with Gasteiger partial charge in [0.25, 0.3) is 0 Å². The van der Waals surface area contributed by atoms with E-state index in [9.17, 15) is 9.59 Å². The third-order valence-electron chi connectivity index (χ3n) is 8.00. The first-order valence-corrected chi connectivity index (χ1v) is 15.5. The average molecular weight is 605 g/mol. The molecule has 0 fully saturated rings. The molecule has 1 aliphatic carbocycles. The van der Waals surface area contributed by atoms with Crippen LogP contribution in [0.25, 0.3) is 33.5 Å². The predicted octanol–water partition coefficient (Wildman–Crippen LogP) is 7.87. The molecule has 0 atom stereocenters. The smallest absolute Gasteiger partial charge is 0.194 e. The van der Waals surface area contributed by atoms with E-state index in [1.807, 2.05) is 72.8 Å². The Hall–Kier alpha value is -5.60. The maximum Gasteiger partial charge on any atom is 0.194 e. The Morgan fingerprint density at radius 1 is 0.667 bits per heavy atom. The second-order valence-electron chi connectivity index (χ2n) is 10.8. The van der Waals surface area contributed by atoms with Crippen LogP contribution in [0.5, 0.6) is 0 Å². The van der Waals surface area contributed by atoms with Crippen LogP contribution in [0, 0.1) is 0 Å². The summed E-state index contributed by atoms with van der Waals surface area (Å²) in [4.78, 5) is 31.3. The van der Waals surface area contributed by atoms with Crippen molar-refractivity contribution in [2.24, 2.45) is 0 Å². The van der Waals surface area contributed by atoms with Crippen LogP contribution in [0.2, 0.25) is 0 Å². The summed E-state index contributed by atoms with van der Waals surface area (Å²) in [6.07, 6.45) is 1.66. The number of ketones is 2. The minimum absolute atomic E-state index is 0.123. The number of nitrogens with zero attached hydrogens (tertiary/aromatic N) is 4. The number of furan rings is 1. The third kappa shape index (κ3) is 4.85. The number of benzene rings is 4. The molecule has 0 aliphatic heterocycles. The van der Waals surface area contributed by atoms with E-state index < -0.39 is 0 Å². The van der Waals surface area contributed by atoms with E-state index >= 15 is 0 Å². The van der Waals surface area contributed by atoms with Crippen molar-refractivity contribution in [3.63, 3.8) is 0 Å². The molecule has 7 nitrogen and oxygen atoms in total. The zero-order chi connectivity index (χ0) is 30.3. The Morgan fingerprint density at radius 3 is 2.20 bits per heavy atom. The highest BCUT2D eigenvalue weighted by atomic mass is 32.2. The fourth-order valence-electron chi connectivity index (χ4n) is 5.80. The van der Waals surface area contributed by atoms with E-state index in [1.54, 1.807) is 36.6 Å². The number of hydrogen-bond donors (Lipinski definition) is 0. The van der Waals surface area contributed by atoms with Gasteiger partial charge in [-0.15, -0.1) is 10.2 Å². The van der Waals surface area contributed by atoms with Crippen LogP contribution in [0.4, 0.5) is 0 Å². The molecule has 8 rings (SSSR count). The van der Waals surface area contributed by atoms with Gasteiger partial charge < -0.3 is 4.42 Å². The molecule has 1 aliphatic rings. The molecule has 0 unspecified atom stereocenters. The van der Waals surface area contributed by atoms with E-state index in [1.165, 1.54) is 11.8 Å². The van der Waals surface area contributed by atoms with E-state index in [-0.39, 0.29) is 11.6 Å². The number of para-hydroxylation sites is 1. The number of pyridine rings is 1. The molecule has 0 radical (unpaired) electrons. The summed E-state index contributed by atoms with van der Waals surface area (Å²) < 4.78 is 7.80. The SMILES string of the molecule is O=C1c2ccccc2C(=O)c2cc(CSc3nnc(-c4cc(-c5ccccc5)nc5ccccc45)n3Cc3ccco3)ccc21. The van der Waals surface area contributed by atoms with Gasteiger partial charge in [-0.25, -0.2) is 4.98 Å². The third-order valence-corrected chi connectivity index (χ3v) is 9.03. The van der Waals surface area contributed by atoms with E-state index in [2.05, 4.69) is 21.8 Å². The van der Waals surface area contributed by atoms with Crippen LogP contribution >= 0.6 is 11.8 Å². The molecule has 0 saturated carbocycles. The molecule has 45 heavy (non-hydrogen) atoms. The lowest BCUT2D eigenvalue weighted by atomic mass is 9.83. The minimum atomic E-state index is -0.130. The number of aromatic nitrogens is 4. The van der Waals surface area contributed by atoms with Gasteiger partial charge >= 0.3 is 0 Å². The Morgan fingerprint density at radius 2 is 1.40 bits per heavy atom. The zero-order valence-corrected chi connectivity index (χ0v) is 24.7. The molecule has 3 aromatic heterocycles. The van der Waals surface area contributed by atoms with Crippen molar-refractivity contribution in [2.45, 2.75) is 17.5 Å². The molecule has 7 aromatic rings. The van der Waals surface area contributed by atoms with Crippen molar-refractivity contribution in [3.8, 4) is 22.6 Å². The fraction of sp³-hybridized carbons (Fsp3) is 0.0541. The molecule has 0 bridgehead atoms. The normalized spacial score (nSPS) is 12.4. The Labute approximate surface area is 262 Å². The fourth-order valence-corrected chi connectivity index (χ4v) is 6.68. The van der Waals surface area contributed by atoms with Gasteiger partial charge in [-0.1, -0.05) is 90.6 Å². The number of fused-ring (bicyclic) bond motifs is 3. The van der Waals surface area contributed by atoms with Crippen molar-refractivity contribution in [3.05, 3.63) is 155 Å². The first-order valence-electron chi connectivity index (χ1n) is 14.5. The topological polar surface area (TPSA) is 90.9 Å². The van der Waals surface area contributed by atoms with Gasteiger partial charge in [-0.05, 0) is 42.0 Å². The molecular weight excluding hydrogens is 580 g/mol. The number of thioether (sulfide) groups is 1. The highest BCUT2D eigenvalue weighted by Crippen LogP contribution is 2.35.